The molecule has 1 fully saturated rings. The molecule has 1 heterocycles. The Morgan fingerprint density at radius 3 is 2.71 bits per heavy atom. The summed E-state index contributed by atoms with van der Waals surface area (Å²) in [6.45, 7) is 7.08. The molecule has 0 radical (unpaired) electrons. The van der Waals surface area contributed by atoms with E-state index >= 15 is 0 Å². The van der Waals surface area contributed by atoms with E-state index in [2.05, 4.69) is 10.6 Å². The molecule has 6 nitrogen and oxygen atoms in total. The van der Waals surface area contributed by atoms with E-state index in [9.17, 15) is 9.59 Å². The van der Waals surface area contributed by atoms with Crippen molar-refractivity contribution < 1.29 is 19.1 Å². The molecule has 17 heavy (non-hydrogen) atoms. The number of carbonyl (C=O) groups excluding carboxylic acids is 2. The van der Waals surface area contributed by atoms with Crippen LogP contribution in [0.25, 0.3) is 0 Å². The highest BCUT2D eigenvalue weighted by atomic mass is 16.6. The quantitative estimate of drug-likeness (QED) is 0.526. The van der Waals surface area contributed by atoms with E-state index in [1.54, 1.807) is 0 Å². The molecule has 6 heteroatoms. The van der Waals surface area contributed by atoms with Gasteiger partial charge in [0.25, 0.3) is 6.47 Å². The first-order valence-electron chi connectivity index (χ1n) is 5.68. The van der Waals surface area contributed by atoms with E-state index in [1.165, 1.54) is 0 Å². The second-order valence-corrected chi connectivity index (χ2v) is 5.03. The first-order chi connectivity index (χ1) is 7.90. The van der Waals surface area contributed by atoms with Crippen LogP contribution in [0.1, 0.15) is 27.2 Å². The molecule has 0 aromatic rings. The Morgan fingerprint density at radius 1 is 1.41 bits per heavy atom. The molecule has 1 saturated heterocycles. The minimum atomic E-state index is -0.474. The molecule has 0 amide bonds. The van der Waals surface area contributed by atoms with Gasteiger partial charge in [-0.05, 0) is 20.8 Å². The summed E-state index contributed by atoms with van der Waals surface area (Å²) in [7, 11) is 0. The number of hydrogen-bond acceptors (Lipinski definition) is 6. The van der Waals surface area contributed by atoms with E-state index in [1.807, 2.05) is 20.8 Å². The molecule has 0 spiro atoms. The molecule has 2 atom stereocenters. The summed E-state index contributed by atoms with van der Waals surface area (Å²) in [6, 6.07) is -0.0800. The van der Waals surface area contributed by atoms with Crippen LogP contribution in [0.5, 0.6) is 0 Å². The van der Waals surface area contributed by atoms with Gasteiger partial charge in [0.05, 0.1) is 6.42 Å². The number of nitrogens with one attached hydrogen (secondary N) is 2. The summed E-state index contributed by atoms with van der Waals surface area (Å²) in [4.78, 5) is 21.8. The summed E-state index contributed by atoms with van der Waals surface area (Å²) >= 11 is 0. The SMILES string of the molecule is CC(C)(C)OC(=O)C[C@H]1CNCC(OC=O)N1. The van der Waals surface area contributed by atoms with Crippen LogP contribution in [-0.2, 0) is 19.1 Å². The van der Waals surface area contributed by atoms with Gasteiger partial charge in [-0.25, -0.2) is 0 Å². The molecular weight excluding hydrogens is 224 g/mol. The smallest absolute Gasteiger partial charge is 0.307 e. The Bertz CT molecular complexity index is 275. The molecule has 98 valence electrons. The lowest BCUT2D eigenvalue weighted by Crippen LogP contribution is -2.56. The Balaban J connectivity index is 2.35. The third-order valence-electron chi connectivity index (χ3n) is 2.19. The topological polar surface area (TPSA) is 76.7 Å². The number of piperazine rings is 1. The molecule has 0 bridgehead atoms. The second kappa shape index (κ2) is 5.97. The number of carbonyl (C=O) groups is 2. The van der Waals surface area contributed by atoms with Gasteiger partial charge in [-0.1, -0.05) is 0 Å². The lowest BCUT2D eigenvalue weighted by atomic mass is 10.1. The number of rotatable bonds is 4. The van der Waals surface area contributed by atoms with Crippen LogP contribution in [0.2, 0.25) is 0 Å². The zero-order valence-corrected chi connectivity index (χ0v) is 10.5. The van der Waals surface area contributed by atoms with Gasteiger partial charge in [0.2, 0.25) is 0 Å². The van der Waals surface area contributed by atoms with E-state index in [-0.39, 0.29) is 24.7 Å². The van der Waals surface area contributed by atoms with Gasteiger partial charge >= 0.3 is 5.97 Å². The minimum Gasteiger partial charge on any atom is -0.460 e. The monoisotopic (exact) mass is 244 g/mol. The average molecular weight is 244 g/mol. The fourth-order valence-corrected chi connectivity index (χ4v) is 1.64. The van der Waals surface area contributed by atoms with Crippen molar-refractivity contribution >= 4 is 12.4 Å². The summed E-state index contributed by atoms with van der Waals surface area (Å²) in [5.74, 6) is -0.261. The van der Waals surface area contributed by atoms with Crippen molar-refractivity contribution in [1.82, 2.24) is 10.6 Å². The first-order valence-corrected chi connectivity index (χ1v) is 5.68. The number of ether oxygens (including phenoxy) is 2. The largest absolute Gasteiger partial charge is 0.460 e. The third-order valence-corrected chi connectivity index (χ3v) is 2.19. The molecule has 0 aromatic heterocycles. The van der Waals surface area contributed by atoms with Crippen LogP contribution in [0.4, 0.5) is 0 Å². The predicted octanol–water partition coefficient (Wildman–Crippen LogP) is -0.221. The molecule has 2 N–H and O–H groups in total. The summed E-state index contributed by atoms with van der Waals surface area (Å²) < 4.78 is 10.0. The Labute approximate surface area is 101 Å². The molecule has 1 rings (SSSR count). The maximum atomic E-state index is 11.6. The standard InChI is InChI=1S/C11H20N2O4/c1-11(2,3)17-10(15)4-8-5-12-6-9(13-8)16-7-14/h7-9,12-13H,4-6H2,1-3H3/t8-,9?/m0/s1. The van der Waals surface area contributed by atoms with E-state index < -0.39 is 5.60 Å². The minimum absolute atomic E-state index is 0.0800. The van der Waals surface area contributed by atoms with E-state index in [0.29, 0.717) is 19.6 Å². The van der Waals surface area contributed by atoms with Crippen molar-refractivity contribution in [3.05, 3.63) is 0 Å². The van der Waals surface area contributed by atoms with E-state index in [0.717, 1.165) is 0 Å². The van der Waals surface area contributed by atoms with Crippen LogP contribution in [0, 0.1) is 0 Å². The van der Waals surface area contributed by atoms with E-state index in [4.69, 9.17) is 9.47 Å². The Morgan fingerprint density at radius 2 is 2.12 bits per heavy atom. The van der Waals surface area contributed by atoms with Crippen LogP contribution in [0.15, 0.2) is 0 Å². The predicted molar refractivity (Wildman–Crippen MR) is 61.2 cm³/mol. The van der Waals surface area contributed by atoms with Crippen molar-refractivity contribution in [3.63, 3.8) is 0 Å². The number of esters is 1. The Hall–Kier alpha value is -1.14. The lowest BCUT2D eigenvalue weighted by molar-refractivity contribution is -0.155. The highest BCUT2D eigenvalue weighted by Crippen LogP contribution is 2.10. The van der Waals surface area contributed by atoms with Crippen LogP contribution < -0.4 is 10.6 Å². The van der Waals surface area contributed by atoms with Gasteiger partial charge in [-0.15, -0.1) is 0 Å². The maximum absolute atomic E-state index is 11.6. The number of hydrogen-bond donors (Lipinski definition) is 2. The van der Waals surface area contributed by atoms with Crippen molar-refractivity contribution in [3.8, 4) is 0 Å². The summed E-state index contributed by atoms with van der Waals surface area (Å²) in [5, 5.41) is 6.14. The van der Waals surface area contributed by atoms with Crippen molar-refractivity contribution in [2.75, 3.05) is 13.1 Å². The van der Waals surface area contributed by atoms with Gasteiger partial charge in [-0.3, -0.25) is 14.9 Å². The fraction of sp³-hybridized carbons (Fsp3) is 0.818. The highest BCUT2D eigenvalue weighted by Gasteiger charge is 2.25. The van der Waals surface area contributed by atoms with Crippen LogP contribution in [0.3, 0.4) is 0 Å². The zero-order chi connectivity index (χ0) is 12.9. The van der Waals surface area contributed by atoms with Crippen molar-refractivity contribution in [2.24, 2.45) is 0 Å². The maximum Gasteiger partial charge on any atom is 0.307 e. The Kier molecular flexibility index (Phi) is 4.89. The summed E-state index contributed by atoms with van der Waals surface area (Å²) in [6.07, 6.45) is -0.128. The van der Waals surface area contributed by atoms with Crippen LogP contribution in [-0.4, -0.2) is 43.4 Å². The molecule has 1 unspecified atom stereocenters. The normalized spacial score (nSPS) is 25.1. The van der Waals surface area contributed by atoms with Gasteiger partial charge in [-0.2, -0.15) is 0 Å². The third kappa shape index (κ3) is 5.65. The molecule has 0 aliphatic carbocycles. The highest BCUT2D eigenvalue weighted by molar-refractivity contribution is 5.70. The summed E-state index contributed by atoms with van der Waals surface area (Å²) in [5.41, 5.74) is -0.474. The molecule has 0 saturated carbocycles. The van der Waals surface area contributed by atoms with Crippen LogP contribution >= 0.6 is 0 Å². The lowest BCUT2D eigenvalue weighted by Gasteiger charge is -2.30. The fourth-order valence-electron chi connectivity index (χ4n) is 1.64. The molecule has 0 aromatic carbocycles. The molecule has 1 aliphatic rings. The molecule has 1 aliphatic heterocycles. The zero-order valence-electron chi connectivity index (χ0n) is 10.5. The van der Waals surface area contributed by atoms with Crippen molar-refractivity contribution in [2.45, 2.75) is 45.1 Å². The van der Waals surface area contributed by atoms with Gasteiger partial charge in [0, 0.05) is 19.1 Å². The molecular formula is C11H20N2O4. The van der Waals surface area contributed by atoms with Crippen molar-refractivity contribution in [1.29, 1.82) is 0 Å². The average Bonchev–Trinajstić information content (AvgIpc) is 2.15. The van der Waals surface area contributed by atoms with Gasteiger partial charge < -0.3 is 14.8 Å². The second-order valence-electron chi connectivity index (χ2n) is 5.03. The first kappa shape index (κ1) is 13.9. The van der Waals surface area contributed by atoms with Gasteiger partial charge in [0.1, 0.15) is 5.60 Å². The van der Waals surface area contributed by atoms with Gasteiger partial charge in [0.15, 0.2) is 6.23 Å².